The third kappa shape index (κ3) is 1.43. The lowest BCUT2D eigenvalue weighted by molar-refractivity contribution is -0.114. The Bertz CT molecular complexity index is 500. The number of hydrogen-bond donors (Lipinski definition) is 2. The maximum atomic E-state index is 11.4. The van der Waals surface area contributed by atoms with Gasteiger partial charge in [0, 0.05) is 12.0 Å². The first-order chi connectivity index (χ1) is 7.54. The van der Waals surface area contributed by atoms with E-state index in [0.29, 0.717) is 5.56 Å². The van der Waals surface area contributed by atoms with Gasteiger partial charge in [0.05, 0.1) is 7.11 Å². The molecule has 16 heavy (non-hydrogen) atoms. The second-order valence-corrected chi connectivity index (χ2v) is 3.77. The monoisotopic (exact) mass is 220 g/mol. The summed E-state index contributed by atoms with van der Waals surface area (Å²) >= 11 is 0. The van der Waals surface area contributed by atoms with Gasteiger partial charge >= 0.3 is 0 Å². The molecule has 0 bridgehead atoms. The summed E-state index contributed by atoms with van der Waals surface area (Å²) in [6.45, 7) is 1.78. The summed E-state index contributed by atoms with van der Waals surface area (Å²) < 4.78 is 4.94. The summed E-state index contributed by atoms with van der Waals surface area (Å²) in [5.41, 5.74) is 1.97. The van der Waals surface area contributed by atoms with Crippen molar-refractivity contribution in [2.24, 2.45) is 0 Å². The number of ketones is 1. The van der Waals surface area contributed by atoms with E-state index in [2.05, 4.69) is 0 Å². The van der Waals surface area contributed by atoms with Crippen molar-refractivity contribution in [3.8, 4) is 17.2 Å². The lowest BCUT2D eigenvalue weighted by Gasteiger charge is -2.18. The van der Waals surface area contributed by atoms with Gasteiger partial charge in [-0.3, -0.25) is 4.79 Å². The highest BCUT2D eigenvalue weighted by Gasteiger charge is 2.23. The van der Waals surface area contributed by atoms with E-state index in [9.17, 15) is 15.0 Å². The summed E-state index contributed by atoms with van der Waals surface area (Å²) in [7, 11) is 1.41. The van der Waals surface area contributed by atoms with Gasteiger partial charge in [-0.25, -0.2) is 0 Å². The molecule has 1 aromatic carbocycles. The highest BCUT2D eigenvalue weighted by molar-refractivity contribution is 6.02. The molecule has 0 amide bonds. The fourth-order valence-corrected chi connectivity index (χ4v) is 1.90. The van der Waals surface area contributed by atoms with Crippen molar-refractivity contribution in [2.75, 3.05) is 7.11 Å². The Kier molecular flexibility index (Phi) is 2.34. The number of fused-ring (bicyclic) bond motifs is 1. The Morgan fingerprint density at radius 1 is 1.31 bits per heavy atom. The van der Waals surface area contributed by atoms with Crippen LogP contribution >= 0.6 is 0 Å². The molecule has 0 saturated carbocycles. The number of phenols is 2. The summed E-state index contributed by atoms with van der Waals surface area (Å²) in [5, 5.41) is 19.4. The van der Waals surface area contributed by atoms with Gasteiger partial charge in [0.25, 0.3) is 0 Å². The second kappa shape index (κ2) is 3.56. The summed E-state index contributed by atoms with van der Waals surface area (Å²) in [5.74, 6) is -0.456. The molecule has 0 saturated heterocycles. The van der Waals surface area contributed by atoms with Crippen molar-refractivity contribution in [3.63, 3.8) is 0 Å². The topological polar surface area (TPSA) is 66.8 Å². The molecular weight excluding hydrogens is 208 g/mol. The Hall–Kier alpha value is -1.97. The molecule has 1 aromatic rings. The quantitative estimate of drug-likeness (QED) is 0.706. The van der Waals surface area contributed by atoms with Gasteiger partial charge in [-0.15, -0.1) is 0 Å². The molecule has 0 unspecified atom stereocenters. The molecule has 84 valence electrons. The third-order valence-electron chi connectivity index (χ3n) is 2.72. The van der Waals surface area contributed by atoms with Crippen LogP contribution in [-0.2, 0) is 11.2 Å². The van der Waals surface area contributed by atoms with Crippen LogP contribution in [0.1, 0.15) is 18.1 Å². The number of aromatic hydroxyl groups is 2. The summed E-state index contributed by atoms with van der Waals surface area (Å²) in [4.78, 5) is 11.4. The van der Waals surface area contributed by atoms with Crippen LogP contribution in [0.4, 0.5) is 0 Å². The van der Waals surface area contributed by atoms with Crippen molar-refractivity contribution in [3.05, 3.63) is 23.3 Å². The molecule has 1 aliphatic carbocycles. The number of phenolic OH excluding ortho intramolecular Hbond substituents is 2. The predicted molar refractivity (Wildman–Crippen MR) is 58.7 cm³/mol. The van der Waals surface area contributed by atoms with Gasteiger partial charge < -0.3 is 14.9 Å². The molecule has 4 heteroatoms. The van der Waals surface area contributed by atoms with Gasteiger partial charge in [-0.05, 0) is 30.2 Å². The predicted octanol–water partition coefficient (Wildman–Crippen LogP) is 1.63. The molecule has 0 spiro atoms. The summed E-state index contributed by atoms with van der Waals surface area (Å²) in [6.07, 6.45) is 1.63. The van der Waals surface area contributed by atoms with Gasteiger partial charge in [0.1, 0.15) is 0 Å². The highest BCUT2D eigenvalue weighted by Crippen LogP contribution is 2.43. The minimum Gasteiger partial charge on any atom is -0.504 e. The molecule has 0 heterocycles. The van der Waals surface area contributed by atoms with Crippen molar-refractivity contribution in [2.45, 2.75) is 13.3 Å². The van der Waals surface area contributed by atoms with Crippen LogP contribution in [0, 0.1) is 0 Å². The van der Waals surface area contributed by atoms with Gasteiger partial charge in [0.15, 0.2) is 17.3 Å². The second-order valence-electron chi connectivity index (χ2n) is 3.77. The maximum Gasteiger partial charge on any atom is 0.200 e. The average Bonchev–Trinajstić information content (AvgIpc) is 2.24. The zero-order valence-corrected chi connectivity index (χ0v) is 9.07. The Morgan fingerprint density at radius 2 is 2.00 bits per heavy atom. The average molecular weight is 220 g/mol. The minimum atomic E-state index is -0.316. The summed E-state index contributed by atoms with van der Waals surface area (Å²) in [6, 6.07) is 1.63. The number of allylic oxidation sites excluding steroid dienone is 2. The van der Waals surface area contributed by atoms with Crippen LogP contribution < -0.4 is 4.74 Å². The van der Waals surface area contributed by atoms with E-state index in [-0.39, 0.29) is 29.5 Å². The maximum absolute atomic E-state index is 11.4. The van der Waals surface area contributed by atoms with Gasteiger partial charge in [-0.1, -0.05) is 0 Å². The molecule has 0 atom stereocenters. The molecule has 0 aromatic heterocycles. The molecule has 2 N–H and O–H groups in total. The molecule has 1 aliphatic rings. The third-order valence-corrected chi connectivity index (χ3v) is 2.72. The van der Waals surface area contributed by atoms with Crippen molar-refractivity contribution in [1.82, 2.24) is 0 Å². The Morgan fingerprint density at radius 3 is 2.62 bits per heavy atom. The van der Waals surface area contributed by atoms with Crippen molar-refractivity contribution < 1.29 is 19.7 Å². The smallest absolute Gasteiger partial charge is 0.200 e. The number of rotatable bonds is 1. The molecule has 0 radical (unpaired) electrons. The zero-order chi connectivity index (χ0) is 11.9. The van der Waals surface area contributed by atoms with Crippen LogP contribution in [0.3, 0.4) is 0 Å². The van der Waals surface area contributed by atoms with Crippen LogP contribution in [-0.4, -0.2) is 23.1 Å². The van der Waals surface area contributed by atoms with E-state index in [1.165, 1.54) is 13.2 Å². The standard InChI is InChI=1S/C12H12O4/c1-6-3-7(13)4-9-8(6)5-10(16-2)12(15)11(9)14/h3,5,14-15H,4H2,1-2H3. The Balaban J connectivity index is 2.71. The largest absolute Gasteiger partial charge is 0.504 e. The first-order valence-corrected chi connectivity index (χ1v) is 4.88. The van der Waals surface area contributed by atoms with E-state index >= 15 is 0 Å². The normalized spacial score (nSPS) is 14.4. The molecule has 4 nitrogen and oxygen atoms in total. The number of carbonyl (C=O) groups excluding carboxylic acids is 1. The van der Waals surface area contributed by atoms with E-state index in [4.69, 9.17) is 4.74 Å². The molecular formula is C12H12O4. The number of methoxy groups -OCH3 is 1. The van der Waals surface area contributed by atoms with Crippen LogP contribution in [0.2, 0.25) is 0 Å². The molecule has 0 aliphatic heterocycles. The number of carbonyl (C=O) groups is 1. The van der Waals surface area contributed by atoms with Crippen LogP contribution in [0.5, 0.6) is 17.2 Å². The van der Waals surface area contributed by atoms with Gasteiger partial charge in [0.2, 0.25) is 5.75 Å². The van der Waals surface area contributed by atoms with Crippen LogP contribution in [0.15, 0.2) is 12.1 Å². The van der Waals surface area contributed by atoms with Crippen LogP contribution in [0.25, 0.3) is 5.57 Å². The van der Waals surface area contributed by atoms with E-state index in [1.54, 1.807) is 13.0 Å². The highest BCUT2D eigenvalue weighted by atomic mass is 16.5. The lowest BCUT2D eigenvalue weighted by Crippen LogP contribution is -2.08. The first-order valence-electron chi connectivity index (χ1n) is 4.88. The Labute approximate surface area is 92.8 Å². The zero-order valence-electron chi connectivity index (χ0n) is 9.07. The lowest BCUT2D eigenvalue weighted by atomic mass is 9.89. The van der Waals surface area contributed by atoms with E-state index < -0.39 is 0 Å². The molecule has 0 fully saturated rings. The van der Waals surface area contributed by atoms with E-state index in [0.717, 1.165) is 11.1 Å². The van der Waals surface area contributed by atoms with Crippen molar-refractivity contribution >= 4 is 11.4 Å². The molecule has 2 rings (SSSR count). The number of hydrogen-bond acceptors (Lipinski definition) is 4. The fraction of sp³-hybridized carbons (Fsp3) is 0.250. The van der Waals surface area contributed by atoms with E-state index in [1.807, 2.05) is 0 Å². The van der Waals surface area contributed by atoms with Gasteiger partial charge in [-0.2, -0.15) is 0 Å². The SMILES string of the molecule is COc1cc2c(c(O)c1O)CC(=O)C=C2C. The van der Waals surface area contributed by atoms with Crippen molar-refractivity contribution in [1.29, 1.82) is 0 Å². The minimum absolute atomic E-state index is 0.0788. The first kappa shape index (κ1) is 10.5. The fourth-order valence-electron chi connectivity index (χ4n) is 1.90. The number of benzene rings is 1. The number of ether oxygens (including phenoxy) is 1.